The van der Waals surface area contributed by atoms with Crippen LogP contribution in [0.3, 0.4) is 0 Å². The van der Waals surface area contributed by atoms with Crippen molar-refractivity contribution in [3.05, 3.63) is 0 Å². The predicted octanol–water partition coefficient (Wildman–Crippen LogP) is 2.33. The van der Waals surface area contributed by atoms with Gasteiger partial charge < -0.3 is 10.2 Å². The van der Waals surface area contributed by atoms with Crippen molar-refractivity contribution in [2.24, 2.45) is 23.2 Å². The van der Waals surface area contributed by atoms with E-state index in [2.05, 4.69) is 19.2 Å². The molecule has 3 saturated carbocycles. The number of urea groups is 1. The second-order valence-corrected chi connectivity index (χ2v) is 6.28. The maximum atomic E-state index is 11.5. The van der Waals surface area contributed by atoms with Crippen molar-refractivity contribution in [2.45, 2.75) is 33.1 Å². The SMILES string of the molecule is CN(C)C(=O)NCC1CC[C@@H]2C[C@H]1C2(C)C. The fourth-order valence-corrected chi connectivity index (χ4v) is 3.58. The third-order valence-electron chi connectivity index (χ3n) is 4.92. The van der Waals surface area contributed by atoms with Crippen molar-refractivity contribution >= 4 is 6.03 Å². The van der Waals surface area contributed by atoms with Gasteiger partial charge in [0.25, 0.3) is 0 Å². The highest BCUT2D eigenvalue weighted by Gasteiger charge is 2.53. The quantitative estimate of drug-likeness (QED) is 0.767. The van der Waals surface area contributed by atoms with Crippen molar-refractivity contribution in [3.63, 3.8) is 0 Å². The summed E-state index contributed by atoms with van der Waals surface area (Å²) in [6.07, 6.45) is 4.04. The molecule has 0 aliphatic heterocycles. The van der Waals surface area contributed by atoms with Crippen molar-refractivity contribution in [1.29, 1.82) is 0 Å². The molecule has 2 bridgehead atoms. The van der Waals surface area contributed by atoms with E-state index in [0.717, 1.165) is 18.4 Å². The fraction of sp³-hybridized carbons (Fsp3) is 0.923. The molecular weight excluding hydrogens is 200 g/mol. The Labute approximate surface area is 98.6 Å². The lowest BCUT2D eigenvalue weighted by molar-refractivity contribution is -0.103. The summed E-state index contributed by atoms with van der Waals surface area (Å²) in [7, 11) is 3.58. The molecule has 0 saturated heterocycles. The first-order chi connectivity index (χ1) is 7.43. The Balaban J connectivity index is 1.85. The van der Waals surface area contributed by atoms with Crippen LogP contribution in [0.25, 0.3) is 0 Å². The highest BCUT2D eigenvalue weighted by Crippen LogP contribution is 2.61. The molecule has 3 aliphatic carbocycles. The van der Waals surface area contributed by atoms with Gasteiger partial charge in [-0.1, -0.05) is 13.8 Å². The van der Waals surface area contributed by atoms with Crippen molar-refractivity contribution < 1.29 is 4.79 Å². The molecule has 16 heavy (non-hydrogen) atoms. The van der Waals surface area contributed by atoms with E-state index < -0.39 is 0 Å². The lowest BCUT2D eigenvalue weighted by Gasteiger charge is -2.60. The van der Waals surface area contributed by atoms with E-state index in [0.29, 0.717) is 11.3 Å². The van der Waals surface area contributed by atoms with E-state index >= 15 is 0 Å². The highest BCUT2D eigenvalue weighted by atomic mass is 16.2. The molecule has 3 fully saturated rings. The molecule has 0 aromatic carbocycles. The summed E-state index contributed by atoms with van der Waals surface area (Å²) in [6, 6.07) is 0.0410. The molecule has 1 N–H and O–H groups in total. The maximum absolute atomic E-state index is 11.5. The van der Waals surface area contributed by atoms with E-state index in [1.54, 1.807) is 19.0 Å². The standard InChI is InChI=1S/C13H24N2O/c1-13(2)10-6-5-9(11(13)7-10)8-14-12(16)15(3)4/h9-11H,5-8H2,1-4H3,(H,14,16)/t9?,10-,11-/m1/s1. The van der Waals surface area contributed by atoms with Crippen molar-refractivity contribution in [3.8, 4) is 0 Å². The van der Waals surface area contributed by atoms with Gasteiger partial charge in [0.05, 0.1) is 0 Å². The second-order valence-electron chi connectivity index (χ2n) is 6.28. The van der Waals surface area contributed by atoms with Gasteiger partial charge in [-0.3, -0.25) is 0 Å². The van der Waals surface area contributed by atoms with Crippen molar-refractivity contribution in [2.75, 3.05) is 20.6 Å². The minimum absolute atomic E-state index is 0.0410. The van der Waals surface area contributed by atoms with Gasteiger partial charge >= 0.3 is 6.03 Å². The zero-order chi connectivity index (χ0) is 11.9. The minimum Gasteiger partial charge on any atom is -0.338 e. The Morgan fingerprint density at radius 2 is 2.06 bits per heavy atom. The number of nitrogens with one attached hydrogen (secondary N) is 1. The first-order valence-electron chi connectivity index (χ1n) is 6.38. The van der Waals surface area contributed by atoms with Gasteiger partial charge in [-0.05, 0) is 42.4 Å². The molecule has 0 aromatic heterocycles. The molecular formula is C13H24N2O. The minimum atomic E-state index is 0.0410. The third-order valence-corrected chi connectivity index (χ3v) is 4.92. The maximum Gasteiger partial charge on any atom is 0.316 e. The van der Waals surface area contributed by atoms with Crippen LogP contribution in [0.15, 0.2) is 0 Å². The number of hydrogen-bond donors (Lipinski definition) is 1. The van der Waals surface area contributed by atoms with Crippen LogP contribution < -0.4 is 5.32 Å². The summed E-state index contributed by atoms with van der Waals surface area (Å²) < 4.78 is 0. The van der Waals surface area contributed by atoms with Crippen LogP contribution in [0.5, 0.6) is 0 Å². The van der Waals surface area contributed by atoms with Crippen LogP contribution >= 0.6 is 0 Å². The third kappa shape index (κ3) is 1.80. The lowest BCUT2D eigenvalue weighted by Crippen LogP contribution is -2.55. The van der Waals surface area contributed by atoms with Gasteiger partial charge in [0.1, 0.15) is 0 Å². The summed E-state index contributed by atoms with van der Waals surface area (Å²) in [5.74, 6) is 2.47. The normalized spacial score (nSPS) is 35.1. The second kappa shape index (κ2) is 3.94. The molecule has 0 spiro atoms. The number of hydrogen-bond acceptors (Lipinski definition) is 1. The Morgan fingerprint density at radius 1 is 1.38 bits per heavy atom. The number of fused-ring (bicyclic) bond motifs is 2. The zero-order valence-electron chi connectivity index (χ0n) is 10.9. The summed E-state index contributed by atoms with van der Waals surface area (Å²) in [5, 5.41) is 3.03. The lowest BCUT2D eigenvalue weighted by atomic mass is 9.45. The molecule has 1 unspecified atom stereocenters. The predicted molar refractivity (Wildman–Crippen MR) is 65.2 cm³/mol. The fourth-order valence-electron chi connectivity index (χ4n) is 3.58. The number of nitrogens with zero attached hydrogens (tertiary/aromatic N) is 1. The van der Waals surface area contributed by atoms with Gasteiger partial charge in [-0.15, -0.1) is 0 Å². The molecule has 0 aromatic rings. The zero-order valence-corrected chi connectivity index (χ0v) is 10.9. The molecule has 3 rings (SSSR count). The summed E-state index contributed by atoms with van der Waals surface area (Å²) >= 11 is 0. The van der Waals surface area contributed by atoms with Gasteiger partial charge in [-0.2, -0.15) is 0 Å². The van der Waals surface area contributed by atoms with Crippen molar-refractivity contribution in [1.82, 2.24) is 10.2 Å². The number of carbonyl (C=O) groups is 1. The molecule has 3 atom stereocenters. The average molecular weight is 224 g/mol. The highest BCUT2D eigenvalue weighted by molar-refractivity contribution is 5.73. The molecule has 92 valence electrons. The molecule has 2 amide bonds. The Hall–Kier alpha value is -0.730. The monoisotopic (exact) mass is 224 g/mol. The van der Waals surface area contributed by atoms with E-state index in [1.807, 2.05) is 0 Å². The van der Waals surface area contributed by atoms with E-state index in [-0.39, 0.29) is 6.03 Å². The average Bonchev–Trinajstić information content (AvgIpc) is 2.25. The first-order valence-corrected chi connectivity index (χ1v) is 6.38. The molecule has 3 heteroatoms. The largest absolute Gasteiger partial charge is 0.338 e. The Morgan fingerprint density at radius 3 is 2.56 bits per heavy atom. The topological polar surface area (TPSA) is 32.3 Å². The summed E-state index contributed by atoms with van der Waals surface area (Å²) in [6.45, 7) is 5.65. The van der Waals surface area contributed by atoms with Gasteiger partial charge in [0, 0.05) is 20.6 Å². The first kappa shape index (κ1) is 11.7. The summed E-state index contributed by atoms with van der Waals surface area (Å²) in [4.78, 5) is 13.1. The molecule has 3 aliphatic rings. The molecule has 0 radical (unpaired) electrons. The van der Waals surface area contributed by atoms with Gasteiger partial charge in [0.15, 0.2) is 0 Å². The van der Waals surface area contributed by atoms with E-state index in [4.69, 9.17) is 0 Å². The Bertz CT molecular complexity index is 284. The van der Waals surface area contributed by atoms with Crippen LogP contribution in [0.4, 0.5) is 4.79 Å². The van der Waals surface area contributed by atoms with Crippen LogP contribution in [0, 0.1) is 23.2 Å². The Kier molecular flexibility index (Phi) is 2.89. The smallest absolute Gasteiger partial charge is 0.316 e. The molecule has 0 heterocycles. The van der Waals surface area contributed by atoms with Crippen LogP contribution in [0.1, 0.15) is 33.1 Å². The number of rotatable bonds is 2. The van der Waals surface area contributed by atoms with Gasteiger partial charge in [-0.25, -0.2) is 4.79 Å². The molecule has 3 nitrogen and oxygen atoms in total. The number of amides is 2. The van der Waals surface area contributed by atoms with Crippen LogP contribution in [0.2, 0.25) is 0 Å². The van der Waals surface area contributed by atoms with Crippen LogP contribution in [-0.4, -0.2) is 31.6 Å². The summed E-state index contributed by atoms with van der Waals surface area (Å²) in [5.41, 5.74) is 0.520. The van der Waals surface area contributed by atoms with Crippen LogP contribution in [-0.2, 0) is 0 Å². The van der Waals surface area contributed by atoms with Gasteiger partial charge in [0.2, 0.25) is 0 Å². The van der Waals surface area contributed by atoms with E-state index in [1.165, 1.54) is 19.3 Å². The van der Waals surface area contributed by atoms with E-state index in [9.17, 15) is 4.79 Å². The number of carbonyl (C=O) groups excluding carboxylic acids is 1.